The maximum Gasteiger partial charge on any atom is 0.335 e. The van der Waals surface area contributed by atoms with Gasteiger partial charge in [0.2, 0.25) is 0 Å². The highest BCUT2D eigenvalue weighted by atomic mass is 35.5. The zero-order valence-corrected chi connectivity index (χ0v) is 9.82. The lowest BCUT2D eigenvalue weighted by molar-refractivity contribution is 0.0337. The minimum atomic E-state index is -1.25. The molecule has 1 rings (SSSR count). The van der Waals surface area contributed by atoms with Crippen LogP contribution in [-0.4, -0.2) is 33.1 Å². The van der Waals surface area contributed by atoms with Crippen molar-refractivity contribution in [2.45, 2.75) is 12.2 Å². The van der Waals surface area contributed by atoms with Gasteiger partial charge in [-0.05, 0) is 18.2 Å². The Morgan fingerprint density at radius 3 is 2.56 bits per heavy atom. The highest BCUT2D eigenvalue weighted by Crippen LogP contribution is 2.27. The van der Waals surface area contributed by atoms with Crippen LogP contribution in [0, 0.1) is 0 Å². The SMILES string of the molecule is O=C(O)c1ccc(Cl)c(C(O)C(O)CS)c1. The average Bonchev–Trinajstić information content (AvgIpc) is 2.27. The largest absolute Gasteiger partial charge is 0.478 e. The van der Waals surface area contributed by atoms with Crippen molar-refractivity contribution in [3.63, 3.8) is 0 Å². The molecule has 0 bridgehead atoms. The molecule has 0 radical (unpaired) electrons. The Bertz CT molecular complexity index is 396. The number of carboxylic acids is 1. The summed E-state index contributed by atoms with van der Waals surface area (Å²) in [5.74, 6) is -1.07. The molecule has 16 heavy (non-hydrogen) atoms. The quantitative estimate of drug-likeness (QED) is 0.618. The van der Waals surface area contributed by atoms with E-state index in [2.05, 4.69) is 12.6 Å². The fourth-order valence-corrected chi connectivity index (χ4v) is 1.64. The Kier molecular flexibility index (Phi) is 4.61. The second-order valence-electron chi connectivity index (χ2n) is 3.24. The van der Waals surface area contributed by atoms with Crippen molar-refractivity contribution >= 4 is 30.2 Å². The number of benzene rings is 1. The third-order valence-electron chi connectivity index (χ3n) is 2.11. The average molecular weight is 263 g/mol. The van der Waals surface area contributed by atoms with Crippen LogP contribution in [-0.2, 0) is 0 Å². The summed E-state index contributed by atoms with van der Waals surface area (Å²) in [7, 11) is 0. The number of rotatable bonds is 4. The van der Waals surface area contributed by atoms with E-state index in [9.17, 15) is 15.0 Å². The third-order valence-corrected chi connectivity index (χ3v) is 2.83. The van der Waals surface area contributed by atoms with Gasteiger partial charge in [0.05, 0.1) is 11.7 Å². The van der Waals surface area contributed by atoms with Crippen LogP contribution < -0.4 is 0 Å². The number of aliphatic hydroxyl groups is 2. The van der Waals surface area contributed by atoms with E-state index in [1.54, 1.807) is 0 Å². The van der Waals surface area contributed by atoms with E-state index in [4.69, 9.17) is 16.7 Å². The number of hydrogen-bond donors (Lipinski definition) is 4. The molecule has 0 aliphatic rings. The number of carboxylic acid groups (broad SMARTS) is 1. The van der Waals surface area contributed by atoms with Gasteiger partial charge in [-0.1, -0.05) is 11.6 Å². The van der Waals surface area contributed by atoms with Crippen molar-refractivity contribution in [2.75, 3.05) is 5.75 Å². The zero-order chi connectivity index (χ0) is 12.3. The van der Waals surface area contributed by atoms with Crippen LogP contribution in [0.2, 0.25) is 5.02 Å². The summed E-state index contributed by atoms with van der Waals surface area (Å²) in [5.41, 5.74) is 0.188. The Morgan fingerprint density at radius 2 is 2.06 bits per heavy atom. The highest BCUT2D eigenvalue weighted by molar-refractivity contribution is 7.80. The van der Waals surface area contributed by atoms with E-state index in [0.29, 0.717) is 0 Å². The molecule has 3 N–H and O–H groups in total. The Balaban J connectivity index is 3.11. The first kappa shape index (κ1) is 13.3. The van der Waals surface area contributed by atoms with Gasteiger partial charge in [-0.25, -0.2) is 4.79 Å². The molecule has 6 heteroatoms. The topological polar surface area (TPSA) is 77.8 Å². The van der Waals surface area contributed by atoms with Gasteiger partial charge in [-0.2, -0.15) is 12.6 Å². The van der Waals surface area contributed by atoms with Crippen LogP contribution in [0.25, 0.3) is 0 Å². The van der Waals surface area contributed by atoms with E-state index in [1.165, 1.54) is 18.2 Å². The molecule has 0 saturated heterocycles. The lowest BCUT2D eigenvalue weighted by Crippen LogP contribution is -2.20. The molecule has 4 nitrogen and oxygen atoms in total. The van der Waals surface area contributed by atoms with E-state index >= 15 is 0 Å². The van der Waals surface area contributed by atoms with Crippen molar-refractivity contribution in [3.05, 3.63) is 34.3 Å². The van der Waals surface area contributed by atoms with Crippen LogP contribution in [0.15, 0.2) is 18.2 Å². The molecule has 0 aliphatic carbocycles. The second-order valence-corrected chi connectivity index (χ2v) is 4.01. The maximum absolute atomic E-state index is 10.7. The van der Waals surface area contributed by atoms with Gasteiger partial charge in [0, 0.05) is 16.3 Å². The molecular formula is C10H11ClO4S. The molecule has 1 aromatic rings. The van der Waals surface area contributed by atoms with Gasteiger partial charge in [-0.15, -0.1) is 0 Å². The van der Waals surface area contributed by atoms with Crippen LogP contribution in [0.3, 0.4) is 0 Å². The van der Waals surface area contributed by atoms with E-state index in [0.717, 1.165) is 0 Å². The van der Waals surface area contributed by atoms with Crippen molar-refractivity contribution in [2.24, 2.45) is 0 Å². The molecule has 2 unspecified atom stereocenters. The van der Waals surface area contributed by atoms with Crippen molar-refractivity contribution in [3.8, 4) is 0 Å². The summed E-state index contributed by atoms with van der Waals surface area (Å²) >= 11 is 9.64. The van der Waals surface area contributed by atoms with Gasteiger partial charge in [0.15, 0.2) is 0 Å². The fraction of sp³-hybridized carbons (Fsp3) is 0.300. The number of aliphatic hydroxyl groups excluding tert-OH is 2. The number of carbonyl (C=O) groups is 1. The first-order valence-corrected chi connectivity index (χ1v) is 5.48. The Labute approximate surface area is 103 Å². The van der Waals surface area contributed by atoms with Crippen LogP contribution in [0.5, 0.6) is 0 Å². The van der Waals surface area contributed by atoms with Crippen LogP contribution in [0.4, 0.5) is 0 Å². The van der Waals surface area contributed by atoms with Gasteiger partial charge in [0.25, 0.3) is 0 Å². The van der Waals surface area contributed by atoms with E-state index < -0.39 is 18.2 Å². The first-order valence-electron chi connectivity index (χ1n) is 4.47. The Hall–Kier alpha value is -0.750. The summed E-state index contributed by atoms with van der Waals surface area (Å²) in [6, 6.07) is 3.94. The summed E-state index contributed by atoms with van der Waals surface area (Å²) in [5, 5.41) is 28.1. The molecule has 0 fully saturated rings. The number of aromatic carboxylic acids is 1. The normalized spacial score (nSPS) is 14.5. The van der Waals surface area contributed by atoms with Gasteiger partial charge in [-0.3, -0.25) is 0 Å². The standard InChI is InChI=1S/C10H11ClO4S/c11-7-2-1-5(10(14)15)3-6(7)9(13)8(12)4-16/h1-3,8-9,12-13,16H,4H2,(H,14,15). The molecule has 0 saturated carbocycles. The summed E-state index contributed by atoms with van der Waals surface area (Å²) in [6.45, 7) is 0. The van der Waals surface area contributed by atoms with Gasteiger partial charge >= 0.3 is 5.97 Å². The Morgan fingerprint density at radius 1 is 1.44 bits per heavy atom. The van der Waals surface area contributed by atoms with Crippen LogP contribution >= 0.6 is 24.2 Å². The van der Waals surface area contributed by atoms with Gasteiger partial charge < -0.3 is 15.3 Å². The molecule has 0 amide bonds. The zero-order valence-electron chi connectivity index (χ0n) is 8.17. The van der Waals surface area contributed by atoms with E-state index in [-0.39, 0.29) is 21.9 Å². The molecule has 1 aromatic carbocycles. The number of halogens is 1. The molecule has 0 heterocycles. The maximum atomic E-state index is 10.7. The van der Waals surface area contributed by atoms with Gasteiger partial charge in [0.1, 0.15) is 6.10 Å². The minimum absolute atomic E-state index is 0.00446. The molecule has 0 spiro atoms. The molecule has 0 aliphatic heterocycles. The predicted octanol–water partition coefficient (Wildman–Crippen LogP) is 1.36. The second kappa shape index (κ2) is 5.54. The lowest BCUT2D eigenvalue weighted by atomic mass is 10.0. The summed E-state index contributed by atoms with van der Waals surface area (Å²) < 4.78 is 0. The van der Waals surface area contributed by atoms with Crippen molar-refractivity contribution < 1.29 is 20.1 Å². The number of thiol groups is 1. The molecule has 88 valence electrons. The lowest BCUT2D eigenvalue weighted by Gasteiger charge is -2.17. The monoisotopic (exact) mass is 262 g/mol. The fourth-order valence-electron chi connectivity index (χ4n) is 1.21. The third kappa shape index (κ3) is 2.89. The molecule has 0 aromatic heterocycles. The predicted molar refractivity (Wildman–Crippen MR) is 63.2 cm³/mol. The molecule has 2 atom stereocenters. The van der Waals surface area contributed by atoms with Crippen molar-refractivity contribution in [1.29, 1.82) is 0 Å². The minimum Gasteiger partial charge on any atom is -0.478 e. The van der Waals surface area contributed by atoms with E-state index in [1.807, 2.05) is 0 Å². The van der Waals surface area contributed by atoms with Crippen molar-refractivity contribution in [1.82, 2.24) is 0 Å². The summed E-state index contributed by atoms with van der Waals surface area (Å²) in [6.07, 6.45) is -2.34. The smallest absolute Gasteiger partial charge is 0.335 e. The first-order chi connectivity index (χ1) is 7.47. The molecular weight excluding hydrogens is 252 g/mol. The number of hydrogen-bond acceptors (Lipinski definition) is 4. The highest BCUT2D eigenvalue weighted by Gasteiger charge is 2.20. The summed E-state index contributed by atoms with van der Waals surface area (Å²) in [4.78, 5) is 10.7. The van der Waals surface area contributed by atoms with Crippen LogP contribution in [0.1, 0.15) is 22.0 Å².